The first-order chi connectivity index (χ1) is 13.5. The second kappa shape index (κ2) is 7.70. The number of hydrogen-bond donors (Lipinski definition) is 1. The van der Waals surface area contributed by atoms with Gasteiger partial charge in [0.2, 0.25) is 0 Å². The molecule has 0 spiro atoms. The van der Waals surface area contributed by atoms with Gasteiger partial charge in [-0.25, -0.2) is 0 Å². The van der Waals surface area contributed by atoms with Crippen LogP contribution in [-0.4, -0.2) is 41.5 Å². The molecule has 0 radical (unpaired) electrons. The van der Waals surface area contributed by atoms with E-state index in [1.54, 1.807) is 4.90 Å². The molecule has 0 atom stereocenters. The van der Waals surface area contributed by atoms with E-state index in [-0.39, 0.29) is 11.3 Å². The Morgan fingerprint density at radius 1 is 1.29 bits per heavy atom. The van der Waals surface area contributed by atoms with Crippen molar-refractivity contribution in [3.63, 3.8) is 0 Å². The van der Waals surface area contributed by atoms with E-state index in [1.165, 1.54) is 5.56 Å². The Hall–Kier alpha value is -2.15. The zero-order chi connectivity index (χ0) is 19.7. The summed E-state index contributed by atoms with van der Waals surface area (Å²) in [5, 5.41) is 6.81. The molecule has 7 heteroatoms. The molecule has 148 valence electrons. The first kappa shape index (κ1) is 19.2. The minimum Gasteiger partial charge on any atom is -0.361 e. The van der Waals surface area contributed by atoms with Crippen molar-refractivity contribution in [1.29, 1.82) is 0 Å². The molecule has 1 aromatic heterocycles. The van der Waals surface area contributed by atoms with Gasteiger partial charge in [-0.2, -0.15) is 0 Å². The summed E-state index contributed by atoms with van der Waals surface area (Å²) in [5.41, 5.74) is 2.02. The molecule has 1 aliphatic carbocycles. The topological polar surface area (TPSA) is 75.4 Å². The number of aryl methyl sites for hydroxylation is 1. The van der Waals surface area contributed by atoms with Gasteiger partial charge in [-0.1, -0.05) is 39.3 Å². The first-order valence-corrected chi connectivity index (χ1v) is 10.5. The number of nitrogens with zero attached hydrogens (tertiary/aromatic N) is 2. The molecule has 1 aliphatic heterocycles. The molecule has 2 aliphatic rings. The Morgan fingerprint density at radius 2 is 2.00 bits per heavy atom. The predicted octanol–water partition coefficient (Wildman–Crippen LogP) is 3.30. The summed E-state index contributed by atoms with van der Waals surface area (Å²) in [6.07, 6.45) is 3.61. The Labute approximate surface area is 172 Å². The lowest BCUT2D eigenvalue weighted by Crippen LogP contribution is -2.47. The van der Waals surface area contributed by atoms with E-state index >= 15 is 0 Å². The second-order valence-corrected chi connectivity index (χ2v) is 8.73. The molecule has 1 N–H and O–H groups in total. The predicted molar refractivity (Wildman–Crippen MR) is 108 cm³/mol. The summed E-state index contributed by atoms with van der Waals surface area (Å²) in [6, 6.07) is 10.0. The number of benzene rings is 1. The summed E-state index contributed by atoms with van der Waals surface area (Å²) in [5.74, 6) is 0.194. The number of rotatable bonds is 4. The molecule has 1 aromatic carbocycles. The Balaban J connectivity index is 1.30. The normalized spacial score (nSPS) is 18.7. The molecule has 2 amide bonds. The maximum absolute atomic E-state index is 12.6. The second-order valence-electron chi connectivity index (χ2n) is 7.88. The van der Waals surface area contributed by atoms with Crippen molar-refractivity contribution in [3.8, 4) is 0 Å². The highest BCUT2D eigenvalue weighted by atomic mass is 79.9. The van der Waals surface area contributed by atoms with Crippen LogP contribution in [0.25, 0.3) is 0 Å². The van der Waals surface area contributed by atoms with E-state index in [1.807, 2.05) is 31.2 Å². The van der Waals surface area contributed by atoms with Gasteiger partial charge >= 0.3 is 11.8 Å². The Bertz CT molecular complexity index is 883. The molecule has 6 nitrogen and oxygen atoms in total. The Morgan fingerprint density at radius 3 is 2.61 bits per heavy atom. The van der Waals surface area contributed by atoms with Crippen LogP contribution in [0, 0.1) is 6.92 Å². The van der Waals surface area contributed by atoms with Gasteiger partial charge < -0.3 is 14.7 Å². The zero-order valence-corrected chi connectivity index (χ0v) is 17.5. The van der Waals surface area contributed by atoms with E-state index in [9.17, 15) is 9.59 Å². The monoisotopic (exact) mass is 445 g/mol. The summed E-state index contributed by atoms with van der Waals surface area (Å²) in [6.45, 7) is 3.52. The standard InChI is InChI=1S/C21H24BrN3O3/c1-14-12-18(28-24-14)15-6-10-25(11-7-15)20(27)19(26)23-13-21(8-9-21)16-4-2-3-5-17(16)22/h2-5,12,15H,6-11,13H2,1H3,(H,23,26). The third-order valence-electron chi connectivity index (χ3n) is 5.91. The van der Waals surface area contributed by atoms with Gasteiger partial charge in [0.1, 0.15) is 5.76 Å². The average molecular weight is 446 g/mol. The molecule has 2 heterocycles. The van der Waals surface area contributed by atoms with Gasteiger partial charge in [0.05, 0.1) is 5.69 Å². The maximum Gasteiger partial charge on any atom is 0.311 e. The van der Waals surface area contributed by atoms with Crippen LogP contribution < -0.4 is 5.32 Å². The summed E-state index contributed by atoms with van der Waals surface area (Å²) in [4.78, 5) is 26.6. The van der Waals surface area contributed by atoms with Crippen LogP contribution in [0.4, 0.5) is 0 Å². The number of carbonyl (C=O) groups excluding carboxylic acids is 2. The number of nitrogens with one attached hydrogen (secondary N) is 1. The molecule has 2 aromatic rings. The first-order valence-electron chi connectivity index (χ1n) is 9.74. The average Bonchev–Trinajstić information content (AvgIpc) is 3.38. The summed E-state index contributed by atoms with van der Waals surface area (Å²) >= 11 is 3.60. The highest BCUT2D eigenvalue weighted by Crippen LogP contribution is 2.49. The van der Waals surface area contributed by atoms with Gasteiger partial charge in [0, 0.05) is 41.5 Å². The largest absolute Gasteiger partial charge is 0.361 e. The van der Waals surface area contributed by atoms with Crippen molar-refractivity contribution < 1.29 is 14.1 Å². The number of aromatic nitrogens is 1. The van der Waals surface area contributed by atoms with Crippen LogP contribution in [0.1, 0.15) is 48.6 Å². The van der Waals surface area contributed by atoms with Crippen molar-refractivity contribution in [2.45, 2.75) is 43.9 Å². The van der Waals surface area contributed by atoms with Crippen molar-refractivity contribution in [3.05, 3.63) is 51.8 Å². The SMILES string of the molecule is Cc1cc(C2CCN(C(=O)C(=O)NCC3(c4ccccc4Br)CC3)CC2)on1. The van der Waals surface area contributed by atoms with Crippen LogP contribution in [0.3, 0.4) is 0 Å². The van der Waals surface area contributed by atoms with Gasteiger partial charge in [-0.05, 0) is 44.2 Å². The third-order valence-corrected chi connectivity index (χ3v) is 6.60. The van der Waals surface area contributed by atoms with E-state index in [2.05, 4.69) is 32.5 Å². The molecule has 28 heavy (non-hydrogen) atoms. The lowest BCUT2D eigenvalue weighted by atomic mass is 9.94. The minimum atomic E-state index is -0.507. The smallest absolute Gasteiger partial charge is 0.311 e. The zero-order valence-electron chi connectivity index (χ0n) is 15.9. The lowest BCUT2D eigenvalue weighted by Gasteiger charge is -2.30. The maximum atomic E-state index is 12.6. The number of halogens is 1. The van der Waals surface area contributed by atoms with Crippen LogP contribution in [0.2, 0.25) is 0 Å². The van der Waals surface area contributed by atoms with E-state index in [4.69, 9.17) is 4.52 Å². The third kappa shape index (κ3) is 3.85. The quantitative estimate of drug-likeness (QED) is 0.732. The number of likely N-dealkylation sites (tertiary alicyclic amines) is 1. The highest BCUT2D eigenvalue weighted by molar-refractivity contribution is 9.10. The number of piperidine rings is 1. The molecule has 2 fully saturated rings. The van der Waals surface area contributed by atoms with Crippen LogP contribution >= 0.6 is 15.9 Å². The van der Waals surface area contributed by atoms with Crippen molar-refractivity contribution >= 4 is 27.7 Å². The fourth-order valence-electron chi connectivity index (χ4n) is 3.99. The highest BCUT2D eigenvalue weighted by Gasteiger charge is 2.45. The summed E-state index contributed by atoms with van der Waals surface area (Å²) < 4.78 is 6.40. The van der Waals surface area contributed by atoms with Gasteiger partial charge in [-0.15, -0.1) is 0 Å². The van der Waals surface area contributed by atoms with Gasteiger partial charge in [0.15, 0.2) is 0 Å². The lowest BCUT2D eigenvalue weighted by molar-refractivity contribution is -0.146. The van der Waals surface area contributed by atoms with Crippen molar-refractivity contribution in [1.82, 2.24) is 15.4 Å². The molecule has 1 saturated heterocycles. The fraction of sp³-hybridized carbons (Fsp3) is 0.476. The van der Waals surface area contributed by atoms with Gasteiger partial charge in [0.25, 0.3) is 0 Å². The Kier molecular flexibility index (Phi) is 5.27. The van der Waals surface area contributed by atoms with E-state index in [0.29, 0.717) is 19.6 Å². The van der Waals surface area contributed by atoms with Gasteiger partial charge in [-0.3, -0.25) is 9.59 Å². The molecule has 4 rings (SSSR count). The van der Waals surface area contributed by atoms with Crippen LogP contribution in [0.15, 0.2) is 39.3 Å². The van der Waals surface area contributed by atoms with E-state index < -0.39 is 11.8 Å². The summed E-state index contributed by atoms with van der Waals surface area (Å²) in [7, 11) is 0. The van der Waals surface area contributed by atoms with Crippen molar-refractivity contribution in [2.24, 2.45) is 0 Å². The van der Waals surface area contributed by atoms with E-state index in [0.717, 1.165) is 41.6 Å². The molecule has 0 unspecified atom stereocenters. The number of carbonyl (C=O) groups is 2. The minimum absolute atomic E-state index is 0.0484. The number of amides is 2. The van der Waals surface area contributed by atoms with Crippen LogP contribution in [-0.2, 0) is 15.0 Å². The molecule has 1 saturated carbocycles. The van der Waals surface area contributed by atoms with Crippen LogP contribution in [0.5, 0.6) is 0 Å². The molecular weight excluding hydrogens is 422 g/mol. The number of hydrogen-bond acceptors (Lipinski definition) is 4. The fourth-order valence-corrected chi connectivity index (χ4v) is 4.70. The van der Waals surface area contributed by atoms with Crippen molar-refractivity contribution in [2.75, 3.05) is 19.6 Å². The molecule has 0 bridgehead atoms. The molecular formula is C21H24BrN3O3.